The number of amides is 3. The minimum atomic E-state index is -1.37. The lowest BCUT2D eigenvalue weighted by molar-refractivity contribution is -0.129. The summed E-state index contributed by atoms with van der Waals surface area (Å²) < 4.78 is 0. The Morgan fingerprint density at radius 1 is 0.929 bits per heavy atom. The lowest BCUT2D eigenvalue weighted by Gasteiger charge is -2.16. The first-order valence-corrected chi connectivity index (χ1v) is 8.94. The monoisotopic (exact) mass is 378 g/mol. The predicted molar refractivity (Wildman–Crippen MR) is 105 cm³/mol. The van der Waals surface area contributed by atoms with Crippen molar-refractivity contribution in [3.63, 3.8) is 0 Å². The van der Waals surface area contributed by atoms with E-state index in [9.17, 15) is 14.4 Å². The molecular weight excluding hydrogens is 356 g/mol. The molecule has 1 aliphatic rings. The summed E-state index contributed by atoms with van der Waals surface area (Å²) in [5.74, 6) is -3.35. The van der Waals surface area contributed by atoms with Crippen molar-refractivity contribution in [2.24, 2.45) is 11.0 Å². The van der Waals surface area contributed by atoms with Crippen molar-refractivity contribution in [2.45, 2.75) is 33.7 Å². The Morgan fingerprint density at radius 2 is 1.54 bits per heavy atom. The second-order valence-corrected chi connectivity index (χ2v) is 7.12. The summed E-state index contributed by atoms with van der Waals surface area (Å²) in [6.07, 6.45) is 0. The number of carbonyl (C=O) groups excluding carboxylic acids is 3. The molecule has 2 N–H and O–H groups in total. The van der Waals surface area contributed by atoms with Crippen LogP contribution in [0.5, 0.6) is 0 Å². The second-order valence-electron chi connectivity index (χ2n) is 7.12. The van der Waals surface area contributed by atoms with Gasteiger partial charge in [-0.25, -0.2) is 10.4 Å². The molecule has 3 amide bonds. The fourth-order valence-corrected chi connectivity index (χ4v) is 3.20. The molecule has 0 saturated carbocycles. The van der Waals surface area contributed by atoms with Crippen LogP contribution in [0.15, 0.2) is 41.5 Å². The fraction of sp³-hybridized carbons (Fsp3) is 0.286. The number of hydrogen-bond donors (Lipinski definition) is 2. The Balaban J connectivity index is 1.91. The normalized spacial score (nSPS) is 19.1. The highest BCUT2D eigenvalue weighted by Gasteiger charge is 2.52. The zero-order valence-corrected chi connectivity index (χ0v) is 16.2. The smallest absolute Gasteiger partial charge is 0.261 e. The van der Waals surface area contributed by atoms with Crippen LogP contribution < -0.4 is 10.2 Å². The Labute approximate surface area is 163 Å². The van der Waals surface area contributed by atoms with Crippen LogP contribution in [-0.2, 0) is 14.4 Å². The molecule has 2 aromatic carbocycles. The largest absolute Gasteiger partial charge is 0.325 e. The third kappa shape index (κ3) is 3.31. The van der Waals surface area contributed by atoms with Gasteiger partial charge in [-0.2, -0.15) is 5.11 Å². The summed E-state index contributed by atoms with van der Waals surface area (Å²) in [6.45, 7) is 7.67. The molecule has 1 heterocycles. The molecule has 0 bridgehead atoms. The van der Waals surface area contributed by atoms with Crippen molar-refractivity contribution in [3.8, 4) is 0 Å². The molecule has 28 heavy (non-hydrogen) atoms. The number of imide groups is 1. The average Bonchev–Trinajstić information content (AvgIpc) is 2.90. The molecule has 0 unspecified atom stereocenters. The van der Waals surface area contributed by atoms with Crippen LogP contribution in [0.2, 0.25) is 0 Å². The van der Waals surface area contributed by atoms with Gasteiger partial charge in [0.15, 0.2) is 12.0 Å². The molecule has 0 aliphatic carbocycles. The Bertz CT molecular complexity index is 999. The number of anilines is 2. The summed E-state index contributed by atoms with van der Waals surface area (Å²) in [6, 6.07) is 9.21. The number of aryl methyl sites for hydroxylation is 4. The molecule has 2 atom stereocenters. The van der Waals surface area contributed by atoms with Crippen LogP contribution in [0.3, 0.4) is 0 Å². The molecule has 1 aliphatic heterocycles. The summed E-state index contributed by atoms with van der Waals surface area (Å²) in [4.78, 5) is 39.4. The summed E-state index contributed by atoms with van der Waals surface area (Å²) >= 11 is 0. The van der Waals surface area contributed by atoms with Gasteiger partial charge in [-0.15, -0.1) is 0 Å². The molecule has 1 fully saturated rings. The quantitative estimate of drug-likeness (QED) is 0.484. The highest BCUT2D eigenvalue weighted by atomic mass is 16.2. The van der Waals surface area contributed by atoms with E-state index in [0.717, 1.165) is 27.2 Å². The van der Waals surface area contributed by atoms with Crippen molar-refractivity contribution in [3.05, 3.63) is 58.7 Å². The third-order valence-electron chi connectivity index (χ3n) is 5.22. The molecule has 2 aromatic rings. The first kappa shape index (κ1) is 19.4. The maximum atomic E-state index is 12.9. The number of nitrogens with zero attached hydrogens (tertiary/aromatic N) is 2. The van der Waals surface area contributed by atoms with E-state index in [1.807, 2.05) is 33.8 Å². The van der Waals surface area contributed by atoms with E-state index < -0.39 is 29.7 Å². The molecule has 144 valence electrons. The first-order chi connectivity index (χ1) is 13.2. The molecule has 7 nitrogen and oxygen atoms in total. The van der Waals surface area contributed by atoms with Gasteiger partial charge >= 0.3 is 0 Å². The van der Waals surface area contributed by atoms with Gasteiger partial charge in [-0.05, 0) is 74.2 Å². The van der Waals surface area contributed by atoms with E-state index in [1.165, 1.54) is 0 Å². The SMILES string of the molecule is Cc1ccc(NC(=O)[C@@H]2C(=O)N(c3ccc(C)c(C)c3)C(=O)[C@H]2N=N)cc1C. The highest BCUT2D eigenvalue weighted by Crippen LogP contribution is 2.31. The maximum Gasteiger partial charge on any atom is 0.261 e. The van der Waals surface area contributed by atoms with Gasteiger partial charge in [0.05, 0.1) is 5.69 Å². The standard InChI is InChI=1S/C21H22N4O3/c1-11-5-7-15(9-13(11)3)23-19(26)17-18(24-22)21(28)25(20(17)27)16-8-6-12(2)14(4)10-16/h5-10,17-18,22H,1-4H3,(H,23,26)/t17-,18+/m1/s1. The molecule has 1 saturated heterocycles. The highest BCUT2D eigenvalue weighted by molar-refractivity contribution is 6.30. The van der Waals surface area contributed by atoms with Gasteiger partial charge < -0.3 is 5.32 Å². The fourth-order valence-electron chi connectivity index (χ4n) is 3.20. The lowest BCUT2D eigenvalue weighted by atomic mass is 10.0. The topological polar surface area (TPSA) is 103 Å². The molecule has 0 radical (unpaired) electrons. The summed E-state index contributed by atoms with van der Waals surface area (Å²) in [5, 5.41) is 5.97. The van der Waals surface area contributed by atoms with Crippen molar-refractivity contribution >= 4 is 29.1 Å². The van der Waals surface area contributed by atoms with E-state index in [2.05, 4.69) is 10.4 Å². The maximum absolute atomic E-state index is 12.9. The lowest BCUT2D eigenvalue weighted by Crippen LogP contribution is -2.35. The predicted octanol–water partition coefficient (Wildman–Crippen LogP) is 3.45. The van der Waals surface area contributed by atoms with Crippen LogP contribution in [0.25, 0.3) is 0 Å². The van der Waals surface area contributed by atoms with Crippen molar-refractivity contribution < 1.29 is 14.4 Å². The zero-order valence-electron chi connectivity index (χ0n) is 16.2. The molecule has 0 aromatic heterocycles. The minimum absolute atomic E-state index is 0.383. The average molecular weight is 378 g/mol. The van der Waals surface area contributed by atoms with Crippen LogP contribution >= 0.6 is 0 Å². The van der Waals surface area contributed by atoms with Crippen LogP contribution in [0.4, 0.5) is 11.4 Å². The van der Waals surface area contributed by atoms with Gasteiger partial charge in [0.25, 0.3) is 5.91 Å². The van der Waals surface area contributed by atoms with Gasteiger partial charge in [0.1, 0.15) is 0 Å². The second kappa shape index (κ2) is 7.34. The summed E-state index contributed by atoms with van der Waals surface area (Å²) in [7, 11) is 0. The van der Waals surface area contributed by atoms with Crippen LogP contribution in [-0.4, -0.2) is 23.8 Å². The van der Waals surface area contributed by atoms with E-state index in [-0.39, 0.29) is 0 Å². The van der Waals surface area contributed by atoms with Crippen molar-refractivity contribution in [2.75, 3.05) is 10.2 Å². The Hall–Kier alpha value is -3.35. The van der Waals surface area contributed by atoms with Crippen LogP contribution in [0.1, 0.15) is 22.3 Å². The number of hydrogen-bond acceptors (Lipinski definition) is 5. The van der Waals surface area contributed by atoms with Gasteiger partial charge in [0.2, 0.25) is 11.8 Å². The molecular formula is C21H22N4O3. The summed E-state index contributed by atoms with van der Waals surface area (Å²) in [5.41, 5.74) is 12.3. The van der Waals surface area contributed by atoms with E-state index in [0.29, 0.717) is 11.4 Å². The van der Waals surface area contributed by atoms with Crippen molar-refractivity contribution in [1.82, 2.24) is 0 Å². The van der Waals surface area contributed by atoms with E-state index in [1.54, 1.807) is 30.3 Å². The van der Waals surface area contributed by atoms with Gasteiger partial charge in [-0.1, -0.05) is 12.1 Å². The number of rotatable bonds is 4. The van der Waals surface area contributed by atoms with Crippen molar-refractivity contribution in [1.29, 1.82) is 5.53 Å². The number of nitrogens with one attached hydrogen (secondary N) is 2. The van der Waals surface area contributed by atoms with Gasteiger partial charge in [-0.3, -0.25) is 14.4 Å². The van der Waals surface area contributed by atoms with Crippen LogP contribution in [0, 0.1) is 39.1 Å². The zero-order chi connectivity index (χ0) is 20.6. The molecule has 0 spiro atoms. The third-order valence-corrected chi connectivity index (χ3v) is 5.22. The Morgan fingerprint density at radius 3 is 2.11 bits per heavy atom. The van der Waals surface area contributed by atoms with E-state index >= 15 is 0 Å². The first-order valence-electron chi connectivity index (χ1n) is 8.94. The van der Waals surface area contributed by atoms with Gasteiger partial charge in [0, 0.05) is 5.69 Å². The number of benzene rings is 2. The molecule has 7 heteroatoms. The number of carbonyl (C=O) groups is 3. The Kier molecular flexibility index (Phi) is 5.09. The van der Waals surface area contributed by atoms with E-state index in [4.69, 9.17) is 5.53 Å². The molecule has 3 rings (SSSR count). The minimum Gasteiger partial charge on any atom is -0.325 e.